The van der Waals surface area contributed by atoms with E-state index in [1.165, 1.54) is 0 Å². The van der Waals surface area contributed by atoms with Gasteiger partial charge in [0.25, 0.3) is 0 Å². The first kappa shape index (κ1) is 6.75. The van der Waals surface area contributed by atoms with Crippen molar-refractivity contribution in [1.82, 2.24) is 4.90 Å². The van der Waals surface area contributed by atoms with Gasteiger partial charge in [0, 0.05) is 13.0 Å². The molecule has 0 aromatic rings. The Balaban J connectivity index is 2.44. The first-order chi connectivity index (χ1) is 4.20. The number of ketones is 1. The molecular formula is C7H12NO. The fourth-order valence-electron chi connectivity index (χ4n) is 0.992. The van der Waals surface area contributed by atoms with E-state index in [4.69, 9.17) is 0 Å². The van der Waals surface area contributed by atoms with Crippen LogP contribution in [0.25, 0.3) is 0 Å². The average Bonchev–Trinajstić information content (AvgIpc) is 1.80. The molecular weight excluding hydrogens is 114 g/mol. The molecule has 0 aromatic heterocycles. The molecule has 1 aliphatic heterocycles. The van der Waals surface area contributed by atoms with Crippen LogP contribution in [-0.2, 0) is 4.79 Å². The van der Waals surface area contributed by atoms with E-state index >= 15 is 0 Å². The summed E-state index contributed by atoms with van der Waals surface area (Å²) in [5, 5.41) is 0. The minimum atomic E-state index is 0.267. The van der Waals surface area contributed by atoms with Crippen molar-refractivity contribution in [3.63, 3.8) is 0 Å². The van der Waals surface area contributed by atoms with E-state index in [1.807, 2.05) is 11.8 Å². The molecule has 2 nitrogen and oxygen atoms in total. The van der Waals surface area contributed by atoms with Gasteiger partial charge in [0.1, 0.15) is 5.78 Å². The Bertz CT molecular complexity index is 122. The van der Waals surface area contributed by atoms with Crippen LogP contribution in [0.3, 0.4) is 0 Å². The molecule has 0 N–H and O–H groups in total. The Morgan fingerprint density at radius 2 is 2.44 bits per heavy atom. The van der Waals surface area contributed by atoms with Crippen LogP contribution in [-0.4, -0.2) is 23.8 Å². The molecule has 1 aliphatic rings. The van der Waals surface area contributed by atoms with Crippen molar-refractivity contribution in [1.29, 1.82) is 0 Å². The maximum absolute atomic E-state index is 10.9. The van der Waals surface area contributed by atoms with Crippen molar-refractivity contribution < 1.29 is 4.79 Å². The van der Waals surface area contributed by atoms with Crippen molar-refractivity contribution >= 4 is 5.78 Å². The summed E-state index contributed by atoms with van der Waals surface area (Å²) < 4.78 is 0. The van der Waals surface area contributed by atoms with Gasteiger partial charge in [-0.05, 0) is 13.0 Å². The van der Waals surface area contributed by atoms with Crippen LogP contribution in [0.15, 0.2) is 0 Å². The van der Waals surface area contributed by atoms with E-state index in [1.54, 1.807) is 0 Å². The summed E-state index contributed by atoms with van der Waals surface area (Å²) in [6, 6.07) is 0. The molecule has 2 heteroatoms. The third-order valence-electron chi connectivity index (χ3n) is 1.81. The molecule has 1 saturated heterocycles. The molecule has 0 spiro atoms. The Kier molecular flexibility index (Phi) is 1.86. The number of carbonyl (C=O) groups excluding carboxylic acids is 1. The predicted molar refractivity (Wildman–Crippen MR) is 35.7 cm³/mol. The Morgan fingerprint density at radius 3 is 2.89 bits per heavy atom. The van der Waals surface area contributed by atoms with Gasteiger partial charge in [-0.25, -0.2) is 0 Å². The molecule has 1 heterocycles. The standard InChI is InChI=1S/C7H12NO/c1-6-3-4-8(2)5-7(6)9/h6H,2-5H2,1H3. The molecule has 1 radical (unpaired) electrons. The number of Topliss-reactive ketones (excluding diaryl/α,β-unsaturated/α-hetero) is 1. The number of rotatable bonds is 0. The summed E-state index contributed by atoms with van der Waals surface area (Å²) in [6.07, 6.45) is 0.975. The van der Waals surface area contributed by atoms with Crippen LogP contribution in [0.1, 0.15) is 13.3 Å². The lowest BCUT2D eigenvalue weighted by atomic mass is 9.98. The Morgan fingerprint density at radius 1 is 1.78 bits per heavy atom. The van der Waals surface area contributed by atoms with Crippen LogP contribution < -0.4 is 0 Å². The largest absolute Gasteiger partial charge is 0.298 e. The van der Waals surface area contributed by atoms with Crippen molar-refractivity contribution in [3.05, 3.63) is 7.05 Å². The quantitative estimate of drug-likeness (QED) is 0.476. The third-order valence-corrected chi connectivity index (χ3v) is 1.81. The molecule has 51 valence electrons. The summed E-state index contributed by atoms with van der Waals surface area (Å²) >= 11 is 0. The average molecular weight is 126 g/mol. The lowest BCUT2D eigenvalue weighted by molar-refractivity contribution is -0.125. The highest BCUT2D eigenvalue weighted by Crippen LogP contribution is 2.10. The van der Waals surface area contributed by atoms with E-state index < -0.39 is 0 Å². The van der Waals surface area contributed by atoms with E-state index in [0.29, 0.717) is 12.3 Å². The van der Waals surface area contributed by atoms with E-state index in [9.17, 15) is 4.79 Å². The molecule has 1 unspecified atom stereocenters. The van der Waals surface area contributed by atoms with Gasteiger partial charge >= 0.3 is 0 Å². The zero-order chi connectivity index (χ0) is 6.85. The van der Waals surface area contributed by atoms with Crippen molar-refractivity contribution in [3.8, 4) is 0 Å². The van der Waals surface area contributed by atoms with Crippen LogP contribution >= 0.6 is 0 Å². The second-order valence-corrected chi connectivity index (χ2v) is 2.71. The van der Waals surface area contributed by atoms with Gasteiger partial charge < -0.3 is 0 Å². The second kappa shape index (κ2) is 2.48. The van der Waals surface area contributed by atoms with Gasteiger partial charge in [-0.2, -0.15) is 0 Å². The van der Waals surface area contributed by atoms with Crippen molar-refractivity contribution in [2.75, 3.05) is 13.1 Å². The predicted octanol–water partition coefficient (Wildman–Crippen LogP) is 0.689. The minimum Gasteiger partial charge on any atom is -0.298 e. The monoisotopic (exact) mass is 126 g/mol. The zero-order valence-corrected chi connectivity index (χ0v) is 5.76. The smallest absolute Gasteiger partial charge is 0.149 e. The zero-order valence-electron chi connectivity index (χ0n) is 5.76. The summed E-state index contributed by atoms with van der Waals surface area (Å²) in [4.78, 5) is 12.7. The SMILES string of the molecule is [CH2]N1CCC(C)C(=O)C1. The van der Waals surface area contributed by atoms with E-state index in [2.05, 4.69) is 7.05 Å². The van der Waals surface area contributed by atoms with Crippen molar-refractivity contribution in [2.24, 2.45) is 5.92 Å². The first-order valence-corrected chi connectivity index (χ1v) is 3.28. The maximum atomic E-state index is 10.9. The number of hydrogen-bond donors (Lipinski definition) is 0. The Labute approximate surface area is 55.8 Å². The Hall–Kier alpha value is -0.370. The van der Waals surface area contributed by atoms with E-state index in [-0.39, 0.29) is 5.92 Å². The third kappa shape index (κ3) is 1.52. The lowest BCUT2D eigenvalue weighted by Crippen LogP contribution is -2.35. The molecule has 1 rings (SSSR count). The number of nitrogens with zero attached hydrogens (tertiary/aromatic N) is 1. The van der Waals surface area contributed by atoms with Crippen LogP contribution in [0.2, 0.25) is 0 Å². The molecule has 0 aromatic carbocycles. The first-order valence-electron chi connectivity index (χ1n) is 3.28. The number of likely N-dealkylation sites (tertiary alicyclic amines) is 1. The second-order valence-electron chi connectivity index (χ2n) is 2.71. The van der Waals surface area contributed by atoms with Gasteiger partial charge in [-0.1, -0.05) is 6.92 Å². The summed E-state index contributed by atoms with van der Waals surface area (Å²) in [5.74, 6) is 0.597. The fraction of sp³-hybridized carbons (Fsp3) is 0.714. The fourth-order valence-corrected chi connectivity index (χ4v) is 0.992. The maximum Gasteiger partial charge on any atom is 0.149 e. The van der Waals surface area contributed by atoms with Gasteiger partial charge in [0.05, 0.1) is 6.54 Å². The molecule has 1 atom stereocenters. The van der Waals surface area contributed by atoms with Gasteiger partial charge in [0.2, 0.25) is 0 Å². The highest BCUT2D eigenvalue weighted by molar-refractivity contribution is 5.83. The number of piperidine rings is 1. The topological polar surface area (TPSA) is 20.3 Å². The normalized spacial score (nSPS) is 30.9. The molecule has 0 aliphatic carbocycles. The molecule has 0 bridgehead atoms. The molecule has 0 amide bonds. The number of carbonyl (C=O) groups is 1. The molecule has 0 saturated carbocycles. The summed E-state index contributed by atoms with van der Waals surface area (Å²) in [7, 11) is 3.69. The van der Waals surface area contributed by atoms with Crippen LogP contribution in [0.4, 0.5) is 0 Å². The molecule has 1 fully saturated rings. The number of hydrogen-bond acceptors (Lipinski definition) is 2. The summed E-state index contributed by atoms with van der Waals surface area (Å²) in [5.41, 5.74) is 0. The van der Waals surface area contributed by atoms with Crippen LogP contribution in [0, 0.1) is 13.0 Å². The lowest BCUT2D eigenvalue weighted by Gasteiger charge is -2.24. The van der Waals surface area contributed by atoms with Gasteiger partial charge in [-0.15, -0.1) is 0 Å². The van der Waals surface area contributed by atoms with Crippen molar-refractivity contribution in [2.45, 2.75) is 13.3 Å². The van der Waals surface area contributed by atoms with Gasteiger partial charge in [0.15, 0.2) is 0 Å². The highest BCUT2D eigenvalue weighted by atomic mass is 16.1. The highest BCUT2D eigenvalue weighted by Gasteiger charge is 2.20. The summed E-state index contributed by atoms with van der Waals surface area (Å²) in [6.45, 7) is 3.49. The minimum absolute atomic E-state index is 0.267. The molecule has 9 heavy (non-hydrogen) atoms. The van der Waals surface area contributed by atoms with Crippen LogP contribution in [0.5, 0.6) is 0 Å². The van der Waals surface area contributed by atoms with Gasteiger partial charge in [-0.3, -0.25) is 9.69 Å². The van der Waals surface area contributed by atoms with E-state index in [0.717, 1.165) is 13.0 Å².